The number of amides is 1. The average molecular weight is 729 g/mol. The summed E-state index contributed by atoms with van der Waals surface area (Å²) in [5.41, 5.74) is 3.03. The first-order chi connectivity index (χ1) is 23.6. The Bertz CT molecular complexity index is 1800. The highest BCUT2D eigenvalue weighted by atomic mass is 19.4. The molecule has 0 radical (unpaired) electrons. The van der Waals surface area contributed by atoms with E-state index in [1.54, 1.807) is 12.4 Å². The Balaban J connectivity index is 0.000000424. The van der Waals surface area contributed by atoms with E-state index in [4.69, 9.17) is 39.2 Å². The maximum atomic E-state index is 12.2. The van der Waals surface area contributed by atoms with Gasteiger partial charge in [-0.15, -0.1) is 0 Å². The van der Waals surface area contributed by atoms with E-state index in [0.717, 1.165) is 33.5 Å². The van der Waals surface area contributed by atoms with Crippen LogP contribution in [0.25, 0.3) is 22.3 Å². The highest BCUT2D eigenvalue weighted by Crippen LogP contribution is 2.38. The zero-order valence-corrected chi connectivity index (χ0v) is 27.6. The van der Waals surface area contributed by atoms with Gasteiger partial charge in [-0.25, -0.2) is 19.6 Å². The number of hydrogen-bond acceptors (Lipinski definition) is 9. The van der Waals surface area contributed by atoms with Crippen molar-refractivity contribution in [2.75, 3.05) is 18.5 Å². The summed E-state index contributed by atoms with van der Waals surface area (Å²) < 4.78 is 75.5. The van der Waals surface area contributed by atoms with Crippen molar-refractivity contribution in [1.82, 2.24) is 25.5 Å². The summed E-state index contributed by atoms with van der Waals surface area (Å²) in [5.74, 6) is -2.56. The molecule has 0 spiro atoms. The Kier molecular flexibility index (Phi) is 12.8. The van der Waals surface area contributed by atoms with Gasteiger partial charge in [0.25, 0.3) is 5.91 Å². The van der Waals surface area contributed by atoms with Gasteiger partial charge in [0, 0.05) is 17.3 Å². The Labute approximate surface area is 286 Å². The monoisotopic (exact) mass is 728 g/mol. The van der Waals surface area contributed by atoms with Crippen LogP contribution < -0.4 is 20.1 Å². The number of nitrogens with zero attached hydrogens (tertiary/aromatic N) is 3. The van der Waals surface area contributed by atoms with Gasteiger partial charge in [-0.3, -0.25) is 9.89 Å². The van der Waals surface area contributed by atoms with Crippen LogP contribution in [0, 0.1) is 12.8 Å². The summed E-state index contributed by atoms with van der Waals surface area (Å²) in [7, 11) is 0. The number of halogens is 6. The Hall–Kier alpha value is -5.62. The number of ether oxygens (including phenoxy) is 2. The number of carbonyl (C=O) groups excluding carboxylic acids is 1. The largest absolute Gasteiger partial charge is 0.492 e. The standard InChI is InChI=1S/C28H32N6O3.2C2HF3O2/c1-17-8-11-22-24(25(17)37-15-18-9-10-18)27(31-20-13-29-30-14-20)33-26(32-22)19-6-5-7-21(12-19)36-16-23(35)34-28(2,3)4;2*3-2(4,5)1(6)7/h5-8,11-14,18H,9-10,15-16H2,1-4H3,(H,29,30)(H,34,35)(H,31,32,33);2*(H,6,7). The smallest absolute Gasteiger partial charge is 0.490 e. The molecule has 5 N–H and O–H groups in total. The molecule has 2 aromatic carbocycles. The Morgan fingerprint density at radius 3 is 2.10 bits per heavy atom. The van der Waals surface area contributed by atoms with E-state index in [0.29, 0.717) is 29.9 Å². The third-order valence-electron chi connectivity index (χ3n) is 6.40. The normalized spacial score (nSPS) is 12.8. The summed E-state index contributed by atoms with van der Waals surface area (Å²) in [4.78, 5) is 39.8. The lowest BCUT2D eigenvalue weighted by Crippen LogP contribution is -2.43. The number of carbonyl (C=O) groups is 3. The van der Waals surface area contributed by atoms with Crippen LogP contribution in [-0.4, -0.2) is 79.3 Å². The molecule has 2 heterocycles. The number of aryl methyl sites for hydroxylation is 1. The third-order valence-corrected chi connectivity index (χ3v) is 6.40. The zero-order valence-electron chi connectivity index (χ0n) is 27.6. The third kappa shape index (κ3) is 13.0. The van der Waals surface area contributed by atoms with E-state index in [1.807, 2.05) is 64.1 Å². The van der Waals surface area contributed by atoms with Crippen molar-refractivity contribution in [3.63, 3.8) is 0 Å². The van der Waals surface area contributed by atoms with Crippen LogP contribution in [0.15, 0.2) is 48.8 Å². The molecule has 13 nitrogen and oxygen atoms in total. The van der Waals surface area contributed by atoms with Crippen LogP contribution in [0.5, 0.6) is 11.5 Å². The molecule has 19 heteroatoms. The van der Waals surface area contributed by atoms with E-state index < -0.39 is 24.3 Å². The molecule has 1 aliphatic rings. The molecule has 1 amide bonds. The van der Waals surface area contributed by atoms with Gasteiger partial charge in [0.05, 0.1) is 29.4 Å². The second-order valence-electron chi connectivity index (χ2n) is 12.1. The number of nitrogens with one attached hydrogen (secondary N) is 3. The minimum atomic E-state index is -5.08. The molecule has 0 bridgehead atoms. The number of carboxylic acid groups (broad SMARTS) is 2. The van der Waals surface area contributed by atoms with E-state index in [-0.39, 0.29) is 18.1 Å². The zero-order chi connectivity index (χ0) is 38.1. The van der Waals surface area contributed by atoms with Gasteiger partial charge >= 0.3 is 24.3 Å². The van der Waals surface area contributed by atoms with Crippen LogP contribution in [-0.2, 0) is 14.4 Å². The molecule has 1 fully saturated rings. The summed E-state index contributed by atoms with van der Waals surface area (Å²) >= 11 is 0. The van der Waals surface area contributed by atoms with Gasteiger partial charge in [0.2, 0.25) is 0 Å². The lowest BCUT2D eigenvalue weighted by Gasteiger charge is -2.20. The lowest BCUT2D eigenvalue weighted by molar-refractivity contribution is -0.193. The fraction of sp³-hybridized carbons (Fsp3) is 0.375. The van der Waals surface area contributed by atoms with Crippen molar-refractivity contribution in [1.29, 1.82) is 0 Å². The van der Waals surface area contributed by atoms with Crippen LogP contribution in [0.4, 0.5) is 37.8 Å². The van der Waals surface area contributed by atoms with Gasteiger partial charge in [-0.2, -0.15) is 31.4 Å². The van der Waals surface area contributed by atoms with E-state index >= 15 is 0 Å². The molecule has 1 aliphatic carbocycles. The van der Waals surface area contributed by atoms with Gasteiger partial charge < -0.3 is 30.3 Å². The predicted octanol–water partition coefficient (Wildman–Crippen LogP) is 6.42. The first-order valence-electron chi connectivity index (χ1n) is 15.0. The molecule has 5 rings (SSSR count). The predicted molar refractivity (Wildman–Crippen MR) is 171 cm³/mol. The number of alkyl halides is 6. The van der Waals surface area contributed by atoms with Crippen molar-refractivity contribution in [3.05, 3.63) is 54.4 Å². The van der Waals surface area contributed by atoms with Gasteiger partial charge in [-0.05, 0) is 70.2 Å². The number of H-pyrrole nitrogens is 1. The van der Waals surface area contributed by atoms with E-state index in [2.05, 4.69) is 20.8 Å². The lowest BCUT2D eigenvalue weighted by atomic mass is 10.1. The molecule has 0 atom stereocenters. The van der Waals surface area contributed by atoms with Crippen LogP contribution in [0.2, 0.25) is 0 Å². The molecular weight excluding hydrogens is 694 g/mol. The molecule has 0 aliphatic heterocycles. The number of rotatable bonds is 9. The number of aromatic nitrogens is 4. The first kappa shape index (κ1) is 39.8. The summed E-state index contributed by atoms with van der Waals surface area (Å²) in [5, 5.41) is 28.2. The first-order valence-corrected chi connectivity index (χ1v) is 15.0. The van der Waals surface area contributed by atoms with Crippen molar-refractivity contribution in [2.24, 2.45) is 5.92 Å². The maximum absolute atomic E-state index is 12.2. The number of anilines is 2. The van der Waals surface area contributed by atoms with Crippen LogP contribution >= 0.6 is 0 Å². The number of benzene rings is 2. The topological polar surface area (TPSA) is 189 Å². The van der Waals surface area contributed by atoms with Crippen molar-refractivity contribution in [3.8, 4) is 22.9 Å². The second kappa shape index (κ2) is 16.4. The second-order valence-corrected chi connectivity index (χ2v) is 12.1. The van der Waals surface area contributed by atoms with Crippen molar-refractivity contribution >= 4 is 40.3 Å². The summed E-state index contributed by atoms with van der Waals surface area (Å²) in [6, 6.07) is 11.4. The average Bonchev–Trinajstić information content (AvgIpc) is 3.71. The van der Waals surface area contributed by atoms with Gasteiger partial charge in [-0.1, -0.05) is 18.2 Å². The van der Waals surface area contributed by atoms with E-state index in [1.165, 1.54) is 12.8 Å². The molecule has 4 aromatic rings. The number of fused-ring (bicyclic) bond motifs is 1. The number of hydrogen-bond donors (Lipinski definition) is 5. The van der Waals surface area contributed by atoms with Crippen molar-refractivity contribution < 1.29 is 60.4 Å². The highest BCUT2D eigenvalue weighted by Gasteiger charge is 2.39. The molecule has 0 saturated heterocycles. The SMILES string of the molecule is Cc1ccc2nc(-c3cccc(OCC(=O)NC(C)(C)C)c3)nc(Nc3cn[nH]c3)c2c1OCC1CC1.O=C(O)C(F)(F)F.O=C(O)C(F)(F)F. The quantitative estimate of drug-likeness (QED) is 0.120. The van der Waals surface area contributed by atoms with E-state index in [9.17, 15) is 31.1 Å². The Morgan fingerprint density at radius 1 is 0.941 bits per heavy atom. The minimum Gasteiger partial charge on any atom is -0.492 e. The van der Waals surface area contributed by atoms with Crippen LogP contribution in [0.3, 0.4) is 0 Å². The molecule has 2 aromatic heterocycles. The molecule has 276 valence electrons. The van der Waals surface area contributed by atoms with Gasteiger partial charge in [0.15, 0.2) is 12.4 Å². The van der Waals surface area contributed by atoms with Crippen LogP contribution in [0.1, 0.15) is 39.2 Å². The molecular formula is C32H34F6N6O7. The highest BCUT2D eigenvalue weighted by molar-refractivity contribution is 5.98. The summed E-state index contributed by atoms with van der Waals surface area (Å²) in [6.45, 7) is 8.45. The fourth-order valence-corrected chi connectivity index (χ4v) is 3.97. The molecule has 0 unspecified atom stereocenters. The Morgan fingerprint density at radius 2 is 1.57 bits per heavy atom. The van der Waals surface area contributed by atoms with Crippen molar-refractivity contribution in [2.45, 2.75) is 58.4 Å². The summed E-state index contributed by atoms with van der Waals surface area (Å²) in [6.07, 6.45) is -4.28. The number of aromatic amines is 1. The molecule has 51 heavy (non-hydrogen) atoms. The number of carboxylic acids is 2. The maximum Gasteiger partial charge on any atom is 0.490 e. The number of aliphatic carboxylic acids is 2. The van der Waals surface area contributed by atoms with Gasteiger partial charge in [0.1, 0.15) is 17.3 Å². The minimum absolute atomic E-state index is 0.0758. The molecule has 1 saturated carbocycles. The fourth-order valence-electron chi connectivity index (χ4n) is 3.97.